The Morgan fingerprint density at radius 2 is 2.21 bits per heavy atom. The van der Waals surface area contributed by atoms with Crippen LogP contribution in [0.5, 0.6) is 5.75 Å². The van der Waals surface area contributed by atoms with E-state index in [1.165, 1.54) is 26.0 Å². The van der Waals surface area contributed by atoms with E-state index in [0.717, 1.165) is 25.0 Å². The molecular formula is C18H25FN2O3. The van der Waals surface area contributed by atoms with Crippen molar-refractivity contribution in [2.75, 3.05) is 20.3 Å². The SMILES string of the molecule is COc1cc(CCNC(=O)N[C@@H]2CCO[C@H](C3CC3)C2)ccc1F. The van der Waals surface area contributed by atoms with Gasteiger partial charge >= 0.3 is 6.03 Å². The number of benzene rings is 1. The summed E-state index contributed by atoms with van der Waals surface area (Å²) < 4.78 is 24.1. The van der Waals surface area contributed by atoms with E-state index < -0.39 is 0 Å². The third-order valence-electron chi connectivity index (χ3n) is 4.71. The van der Waals surface area contributed by atoms with Crippen molar-refractivity contribution in [2.45, 2.75) is 44.2 Å². The Labute approximate surface area is 141 Å². The molecule has 5 nitrogen and oxygen atoms in total. The van der Waals surface area contributed by atoms with Crippen LogP contribution in [0, 0.1) is 11.7 Å². The average molecular weight is 336 g/mol. The van der Waals surface area contributed by atoms with Crippen molar-refractivity contribution in [1.82, 2.24) is 10.6 Å². The molecule has 1 aliphatic heterocycles. The molecule has 0 spiro atoms. The van der Waals surface area contributed by atoms with Crippen LogP contribution in [-0.4, -0.2) is 38.4 Å². The summed E-state index contributed by atoms with van der Waals surface area (Å²) in [7, 11) is 1.44. The van der Waals surface area contributed by atoms with Gasteiger partial charge in [-0.1, -0.05) is 6.07 Å². The second-order valence-electron chi connectivity index (χ2n) is 6.59. The molecule has 1 saturated carbocycles. The van der Waals surface area contributed by atoms with Crippen LogP contribution in [0.2, 0.25) is 0 Å². The third-order valence-corrected chi connectivity index (χ3v) is 4.71. The molecule has 1 aromatic carbocycles. The first kappa shape index (κ1) is 17.0. The van der Waals surface area contributed by atoms with Crippen LogP contribution in [0.25, 0.3) is 0 Å². The first-order chi connectivity index (χ1) is 11.7. The van der Waals surface area contributed by atoms with Gasteiger partial charge in [0.1, 0.15) is 0 Å². The summed E-state index contributed by atoms with van der Waals surface area (Å²) in [6.07, 6.45) is 5.23. The predicted octanol–water partition coefficient (Wildman–Crippen LogP) is 2.63. The third kappa shape index (κ3) is 4.60. The number of carbonyl (C=O) groups is 1. The molecular weight excluding hydrogens is 311 g/mol. The maximum atomic E-state index is 13.4. The highest BCUT2D eigenvalue weighted by atomic mass is 19.1. The first-order valence-electron chi connectivity index (χ1n) is 8.64. The molecule has 1 aromatic rings. The summed E-state index contributed by atoms with van der Waals surface area (Å²) in [6.45, 7) is 1.22. The van der Waals surface area contributed by atoms with Crippen LogP contribution in [-0.2, 0) is 11.2 Å². The van der Waals surface area contributed by atoms with E-state index in [2.05, 4.69) is 10.6 Å². The van der Waals surface area contributed by atoms with E-state index in [1.54, 1.807) is 12.1 Å². The van der Waals surface area contributed by atoms with Crippen LogP contribution in [0.3, 0.4) is 0 Å². The fourth-order valence-corrected chi connectivity index (χ4v) is 3.17. The standard InChI is InChI=1S/C18H25FN2O3/c1-23-17-10-12(2-5-15(17)19)6-8-20-18(22)21-14-7-9-24-16(11-14)13-3-4-13/h2,5,10,13-14,16H,3-4,6-9,11H2,1H3,(H2,20,21,22)/t14-,16+/m1/s1. The molecule has 2 N–H and O–H groups in total. The number of nitrogens with one attached hydrogen (secondary N) is 2. The Bertz CT molecular complexity index is 577. The van der Waals surface area contributed by atoms with Crippen LogP contribution in [0.4, 0.5) is 9.18 Å². The second kappa shape index (κ2) is 7.83. The number of methoxy groups -OCH3 is 1. The zero-order valence-electron chi connectivity index (χ0n) is 14.0. The van der Waals surface area contributed by atoms with E-state index in [9.17, 15) is 9.18 Å². The molecule has 132 valence electrons. The van der Waals surface area contributed by atoms with Gasteiger partial charge in [-0.2, -0.15) is 0 Å². The highest BCUT2D eigenvalue weighted by molar-refractivity contribution is 5.74. The summed E-state index contributed by atoms with van der Waals surface area (Å²) >= 11 is 0. The monoisotopic (exact) mass is 336 g/mol. The summed E-state index contributed by atoms with van der Waals surface area (Å²) in [4.78, 5) is 12.0. The van der Waals surface area contributed by atoms with Crippen molar-refractivity contribution in [2.24, 2.45) is 5.92 Å². The Morgan fingerprint density at radius 3 is 2.96 bits per heavy atom. The van der Waals surface area contributed by atoms with E-state index in [4.69, 9.17) is 9.47 Å². The van der Waals surface area contributed by atoms with Gasteiger partial charge in [0.2, 0.25) is 0 Å². The van der Waals surface area contributed by atoms with Crippen molar-refractivity contribution < 1.29 is 18.7 Å². The van der Waals surface area contributed by atoms with Crippen molar-refractivity contribution in [3.63, 3.8) is 0 Å². The number of urea groups is 1. The topological polar surface area (TPSA) is 59.6 Å². The van der Waals surface area contributed by atoms with Crippen molar-refractivity contribution in [3.05, 3.63) is 29.6 Å². The smallest absolute Gasteiger partial charge is 0.315 e. The summed E-state index contributed by atoms with van der Waals surface area (Å²) in [5.74, 6) is 0.549. The van der Waals surface area contributed by atoms with E-state index in [0.29, 0.717) is 25.0 Å². The molecule has 0 radical (unpaired) electrons. The highest BCUT2D eigenvalue weighted by Gasteiger charge is 2.36. The lowest BCUT2D eigenvalue weighted by atomic mass is 10.0. The van der Waals surface area contributed by atoms with Crippen molar-refractivity contribution >= 4 is 6.03 Å². The molecule has 2 fully saturated rings. The number of ether oxygens (including phenoxy) is 2. The molecule has 0 unspecified atom stereocenters. The molecule has 6 heteroatoms. The predicted molar refractivity (Wildman–Crippen MR) is 88.7 cm³/mol. The largest absolute Gasteiger partial charge is 0.494 e. The number of rotatable bonds is 6. The van der Waals surface area contributed by atoms with Gasteiger partial charge in [-0.25, -0.2) is 9.18 Å². The minimum absolute atomic E-state index is 0.148. The van der Waals surface area contributed by atoms with Crippen LogP contribution in [0.1, 0.15) is 31.2 Å². The molecule has 2 atom stereocenters. The number of halogens is 1. The Kier molecular flexibility index (Phi) is 5.56. The highest BCUT2D eigenvalue weighted by Crippen LogP contribution is 2.38. The molecule has 3 rings (SSSR count). The van der Waals surface area contributed by atoms with Crippen LogP contribution >= 0.6 is 0 Å². The Balaban J connectivity index is 1.39. The summed E-state index contributed by atoms with van der Waals surface area (Å²) in [6, 6.07) is 4.79. The second-order valence-corrected chi connectivity index (χ2v) is 6.59. The summed E-state index contributed by atoms with van der Waals surface area (Å²) in [5.41, 5.74) is 0.924. The number of carbonyl (C=O) groups excluding carboxylic acids is 1. The molecule has 1 saturated heterocycles. The molecule has 0 aromatic heterocycles. The van der Waals surface area contributed by atoms with Crippen molar-refractivity contribution in [3.8, 4) is 5.75 Å². The zero-order valence-corrected chi connectivity index (χ0v) is 14.0. The van der Waals surface area contributed by atoms with Crippen LogP contribution in [0.15, 0.2) is 18.2 Å². The van der Waals surface area contributed by atoms with Gasteiger partial charge in [0.15, 0.2) is 11.6 Å². The van der Waals surface area contributed by atoms with Gasteiger partial charge in [-0.05, 0) is 55.7 Å². The average Bonchev–Trinajstić information content (AvgIpc) is 3.41. The minimum Gasteiger partial charge on any atom is -0.494 e. The van der Waals surface area contributed by atoms with Gasteiger partial charge in [0.25, 0.3) is 0 Å². The number of amides is 2. The lowest BCUT2D eigenvalue weighted by Gasteiger charge is -2.30. The van der Waals surface area contributed by atoms with Gasteiger partial charge in [0, 0.05) is 19.2 Å². The zero-order chi connectivity index (χ0) is 16.9. The molecule has 1 heterocycles. The minimum atomic E-state index is -0.378. The maximum Gasteiger partial charge on any atom is 0.315 e. The fourth-order valence-electron chi connectivity index (χ4n) is 3.17. The summed E-state index contributed by atoms with van der Waals surface area (Å²) in [5, 5.41) is 5.90. The molecule has 1 aliphatic carbocycles. The van der Waals surface area contributed by atoms with E-state index >= 15 is 0 Å². The van der Waals surface area contributed by atoms with Gasteiger partial charge in [-0.3, -0.25) is 0 Å². The van der Waals surface area contributed by atoms with Crippen LogP contribution < -0.4 is 15.4 Å². The first-order valence-corrected chi connectivity index (χ1v) is 8.64. The van der Waals surface area contributed by atoms with Crippen molar-refractivity contribution in [1.29, 1.82) is 0 Å². The van der Waals surface area contributed by atoms with E-state index in [-0.39, 0.29) is 23.6 Å². The van der Waals surface area contributed by atoms with Gasteiger partial charge in [0.05, 0.1) is 13.2 Å². The molecule has 24 heavy (non-hydrogen) atoms. The van der Waals surface area contributed by atoms with Gasteiger partial charge < -0.3 is 20.1 Å². The van der Waals surface area contributed by atoms with Gasteiger partial charge in [-0.15, -0.1) is 0 Å². The number of hydrogen-bond donors (Lipinski definition) is 2. The quantitative estimate of drug-likeness (QED) is 0.839. The normalized spacial score (nSPS) is 23.6. The van der Waals surface area contributed by atoms with E-state index in [1.807, 2.05) is 0 Å². The lowest BCUT2D eigenvalue weighted by Crippen LogP contribution is -2.47. The Hall–Kier alpha value is -1.82. The Morgan fingerprint density at radius 1 is 1.38 bits per heavy atom. The number of hydrogen-bond acceptors (Lipinski definition) is 3. The molecule has 2 aliphatic rings. The maximum absolute atomic E-state index is 13.4. The molecule has 0 bridgehead atoms. The molecule has 2 amide bonds. The lowest BCUT2D eigenvalue weighted by molar-refractivity contribution is -0.00913. The fraction of sp³-hybridized carbons (Fsp3) is 0.611.